The molecule has 222 valence electrons. The molecule has 1 saturated heterocycles. The van der Waals surface area contributed by atoms with E-state index in [4.69, 9.17) is 9.47 Å². The van der Waals surface area contributed by atoms with Gasteiger partial charge in [0, 0.05) is 16.7 Å². The second-order valence-electron chi connectivity index (χ2n) is 12.6. The Morgan fingerprint density at radius 1 is 1.12 bits per heavy atom. The molecule has 0 bridgehead atoms. The molecule has 0 amide bonds. The third-order valence-electron chi connectivity index (χ3n) is 10.8. The quantitative estimate of drug-likeness (QED) is 0.258. The predicted molar refractivity (Wildman–Crippen MR) is 133 cm³/mol. The lowest BCUT2D eigenvalue weighted by Crippen LogP contribution is -2.69. The molecule has 13 atom stereocenters. The fraction of sp³-hybridized carbons (Fsp3) is 0.750. The summed E-state index contributed by atoms with van der Waals surface area (Å²) in [6.07, 6.45) is -5.93. The highest BCUT2D eigenvalue weighted by molar-refractivity contribution is 6.01. The second-order valence-corrected chi connectivity index (χ2v) is 12.6. The van der Waals surface area contributed by atoms with Gasteiger partial charge in [-0.25, -0.2) is 9.18 Å². The van der Waals surface area contributed by atoms with E-state index in [1.165, 1.54) is 18.2 Å². The maximum atomic E-state index is 17.3. The molecule has 5 aliphatic rings. The minimum Gasteiger partial charge on any atom is -0.479 e. The normalized spacial score (nSPS) is 51.9. The highest BCUT2D eigenvalue weighted by Gasteiger charge is 2.75. The number of ketones is 2. The molecule has 3 saturated carbocycles. The van der Waals surface area contributed by atoms with E-state index in [2.05, 4.69) is 0 Å². The zero-order valence-corrected chi connectivity index (χ0v) is 22.6. The van der Waals surface area contributed by atoms with Gasteiger partial charge in [0.2, 0.25) is 0 Å². The van der Waals surface area contributed by atoms with E-state index in [0.29, 0.717) is 18.4 Å². The lowest BCUT2D eigenvalue weighted by molar-refractivity contribution is -0.293. The van der Waals surface area contributed by atoms with Gasteiger partial charge in [0.15, 0.2) is 29.6 Å². The van der Waals surface area contributed by atoms with Crippen molar-refractivity contribution in [3.05, 3.63) is 23.8 Å². The van der Waals surface area contributed by atoms with Crippen LogP contribution in [0.25, 0.3) is 0 Å². The molecule has 4 fully saturated rings. The number of carbonyl (C=O) groups is 3. The van der Waals surface area contributed by atoms with E-state index in [1.54, 1.807) is 20.8 Å². The highest BCUT2D eigenvalue weighted by Crippen LogP contribution is 2.70. The van der Waals surface area contributed by atoms with Crippen LogP contribution >= 0.6 is 0 Å². The van der Waals surface area contributed by atoms with Gasteiger partial charge in [0.1, 0.15) is 30.5 Å². The molecule has 1 aliphatic heterocycles. The van der Waals surface area contributed by atoms with Gasteiger partial charge in [-0.15, -0.1) is 0 Å². The summed E-state index contributed by atoms with van der Waals surface area (Å²) < 4.78 is 27.7. The Kier molecular flexibility index (Phi) is 6.98. The van der Waals surface area contributed by atoms with Crippen LogP contribution in [-0.4, -0.2) is 103 Å². The van der Waals surface area contributed by atoms with Crippen molar-refractivity contribution < 1.29 is 58.9 Å². The molecule has 11 nitrogen and oxygen atoms in total. The van der Waals surface area contributed by atoms with Crippen LogP contribution in [0.4, 0.5) is 4.39 Å². The summed E-state index contributed by atoms with van der Waals surface area (Å²) in [5.41, 5.74) is -6.07. The highest BCUT2D eigenvalue weighted by atomic mass is 19.1. The molecule has 0 radical (unpaired) electrons. The topological polar surface area (TPSA) is 191 Å². The summed E-state index contributed by atoms with van der Waals surface area (Å²) in [5, 5.41) is 62.8. The number of aliphatic hydroxyl groups excluding tert-OH is 4. The lowest BCUT2D eigenvalue weighted by Gasteiger charge is -2.62. The van der Waals surface area contributed by atoms with Gasteiger partial charge < -0.3 is 40.1 Å². The van der Waals surface area contributed by atoms with Crippen LogP contribution in [0.15, 0.2) is 23.8 Å². The summed E-state index contributed by atoms with van der Waals surface area (Å²) in [6, 6.07) is 0. The van der Waals surface area contributed by atoms with E-state index < -0.39 is 95.0 Å². The van der Waals surface area contributed by atoms with Crippen molar-refractivity contribution in [3.8, 4) is 0 Å². The molecule has 0 aromatic carbocycles. The van der Waals surface area contributed by atoms with Gasteiger partial charge >= 0.3 is 5.97 Å². The molecule has 1 heterocycles. The molecule has 5 rings (SSSR count). The maximum absolute atomic E-state index is 17.3. The Bertz CT molecular complexity index is 1170. The van der Waals surface area contributed by atoms with Crippen molar-refractivity contribution in [1.29, 1.82) is 0 Å². The summed E-state index contributed by atoms with van der Waals surface area (Å²) in [6.45, 7) is 4.16. The molecular weight excluding hydrogens is 531 g/mol. The number of hydrogen-bond donors (Lipinski definition) is 6. The van der Waals surface area contributed by atoms with E-state index >= 15 is 4.39 Å². The van der Waals surface area contributed by atoms with Gasteiger partial charge in [-0.05, 0) is 56.6 Å². The summed E-state index contributed by atoms with van der Waals surface area (Å²) >= 11 is 0. The monoisotopic (exact) mass is 568 g/mol. The molecule has 0 spiro atoms. The van der Waals surface area contributed by atoms with Crippen LogP contribution in [-0.2, 0) is 23.9 Å². The molecule has 0 aromatic rings. The summed E-state index contributed by atoms with van der Waals surface area (Å²) in [4.78, 5) is 37.0. The Balaban J connectivity index is 1.40. The number of carboxylic acid groups (broad SMARTS) is 1. The largest absolute Gasteiger partial charge is 0.479 e. The Morgan fingerprint density at radius 3 is 2.45 bits per heavy atom. The number of aliphatic hydroxyl groups is 5. The fourth-order valence-electron chi connectivity index (χ4n) is 8.60. The number of ether oxygens (including phenoxy) is 2. The third kappa shape index (κ3) is 3.70. The fourth-order valence-corrected chi connectivity index (χ4v) is 8.60. The van der Waals surface area contributed by atoms with Crippen LogP contribution in [0.2, 0.25) is 0 Å². The molecule has 12 heteroatoms. The van der Waals surface area contributed by atoms with Gasteiger partial charge in [-0.3, -0.25) is 9.59 Å². The van der Waals surface area contributed by atoms with Crippen molar-refractivity contribution in [3.63, 3.8) is 0 Å². The van der Waals surface area contributed by atoms with E-state index in [0.717, 1.165) is 0 Å². The zero-order chi connectivity index (χ0) is 29.6. The van der Waals surface area contributed by atoms with Crippen LogP contribution in [0.3, 0.4) is 0 Å². The SMILES string of the molecule is C[C@H]1C[C@H]2[C@@H]3CCC4=CC(=O)C=C[C@]4(C)[C@@]3(F)[C@@H](O)C[C@]2(C)[C@@]1(O)C(=O)CO[C@H]1O[C@@H](C(=O)O)[C@H](O)[C@@H](O)[C@@H]1O. The zero-order valence-electron chi connectivity index (χ0n) is 22.6. The predicted octanol–water partition coefficient (Wildman–Crippen LogP) is -0.188. The van der Waals surface area contributed by atoms with Gasteiger partial charge in [0.25, 0.3) is 0 Å². The maximum Gasteiger partial charge on any atom is 0.335 e. The van der Waals surface area contributed by atoms with E-state index in [1.807, 2.05) is 0 Å². The molecule has 40 heavy (non-hydrogen) atoms. The Hall–Kier alpha value is -2.06. The van der Waals surface area contributed by atoms with Gasteiger partial charge in [0.05, 0.1) is 6.10 Å². The smallest absolute Gasteiger partial charge is 0.335 e. The molecule has 0 unspecified atom stereocenters. The average Bonchev–Trinajstić information content (AvgIpc) is 3.09. The van der Waals surface area contributed by atoms with Crippen LogP contribution in [0, 0.1) is 28.6 Å². The number of alkyl halides is 1. The van der Waals surface area contributed by atoms with Crippen molar-refractivity contribution >= 4 is 17.5 Å². The standard InChI is InChI=1S/C28H37FO11/c1-12-8-16-15-5-4-13-9-14(30)6-7-25(13,2)27(15,29)17(31)10-26(16,3)28(12,38)18(32)11-39-24-21(35)19(33)20(34)22(40-24)23(36)37/h6-7,9,12,15-17,19-22,24,31,33-35,38H,4-5,8,10-11H2,1-3H3,(H,36,37)/t12-,15-,16-,17-,19+,20+,21-,22+,24-,25-,26-,27-,28-/m0/s1. The van der Waals surface area contributed by atoms with Gasteiger partial charge in [-0.1, -0.05) is 25.5 Å². The number of carbonyl (C=O) groups excluding carboxylic acids is 2. The van der Waals surface area contributed by atoms with Crippen LogP contribution in [0.5, 0.6) is 0 Å². The number of rotatable bonds is 5. The average molecular weight is 569 g/mol. The number of fused-ring (bicyclic) bond motifs is 5. The molecular formula is C28H37FO11. The first-order chi connectivity index (χ1) is 18.5. The Labute approximate surface area is 230 Å². The number of allylic oxidation sites excluding steroid dienone is 4. The van der Waals surface area contributed by atoms with Crippen molar-refractivity contribution in [2.75, 3.05) is 6.61 Å². The summed E-state index contributed by atoms with van der Waals surface area (Å²) in [7, 11) is 0. The Morgan fingerprint density at radius 2 is 1.80 bits per heavy atom. The first-order valence-electron chi connectivity index (χ1n) is 13.6. The number of carboxylic acids is 1. The number of aliphatic carboxylic acids is 1. The third-order valence-corrected chi connectivity index (χ3v) is 10.8. The first-order valence-corrected chi connectivity index (χ1v) is 13.6. The van der Waals surface area contributed by atoms with Gasteiger partial charge in [-0.2, -0.15) is 0 Å². The van der Waals surface area contributed by atoms with Crippen LogP contribution < -0.4 is 0 Å². The van der Waals surface area contributed by atoms with Crippen LogP contribution in [0.1, 0.15) is 46.5 Å². The van der Waals surface area contributed by atoms with Crippen molar-refractivity contribution in [2.45, 2.75) is 94.5 Å². The minimum atomic E-state index is -2.13. The van der Waals surface area contributed by atoms with E-state index in [9.17, 15) is 45.0 Å². The van der Waals surface area contributed by atoms with Crippen molar-refractivity contribution in [1.82, 2.24) is 0 Å². The first kappa shape index (κ1) is 29.4. The lowest BCUT2D eigenvalue weighted by atomic mass is 9.44. The van der Waals surface area contributed by atoms with Crippen molar-refractivity contribution in [2.24, 2.45) is 28.6 Å². The van der Waals surface area contributed by atoms with E-state index in [-0.39, 0.29) is 18.6 Å². The number of halogens is 1. The molecule has 0 aromatic heterocycles. The second kappa shape index (κ2) is 9.48. The number of hydrogen-bond acceptors (Lipinski definition) is 10. The molecule has 4 aliphatic carbocycles. The molecule has 6 N–H and O–H groups in total. The number of Topliss-reactive ketones (excluding diaryl/α,β-unsaturated/α-hetero) is 1. The minimum absolute atomic E-state index is 0.233. The summed E-state index contributed by atoms with van der Waals surface area (Å²) in [5.74, 6) is -4.56.